The Kier molecular flexibility index (Phi) is 6.43. The lowest BCUT2D eigenvalue weighted by Gasteiger charge is -2.42. The number of aliphatic hydroxyl groups is 1. The van der Waals surface area contributed by atoms with Gasteiger partial charge in [-0.1, -0.05) is 0 Å². The first-order valence-electron chi connectivity index (χ1n) is 6.22. The molecule has 0 aromatic rings. The highest BCUT2D eigenvalue weighted by molar-refractivity contribution is 7.80. The van der Waals surface area contributed by atoms with E-state index in [-0.39, 0.29) is 5.75 Å². The van der Waals surface area contributed by atoms with Gasteiger partial charge in [0.25, 0.3) is 0 Å². The lowest BCUT2D eigenvalue weighted by molar-refractivity contribution is -0.287. The van der Waals surface area contributed by atoms with Crippen molar-refractivity contribution in [2.45, 2.75) is 51.5 Å². The Morgan fingerprint density at radius 2 is 1.38 bits per heavy atom. The van der Waals surface area contributed by atoms with Crippen LogP contribution in [0.15, 0.2) is 0 Å². The van der Waals surface area contributed by atoms with Crippen LogP contribution in [0.2, 0.25) is 0 Å². The molecule has 0 amide bonds. The molecule has 9 heteroatoms. The first-order chi connectivity index (χ1) is 9.76. The minimum Gasteiger partial charge on any atom is -0.456 e. The summed E-state index contributed by atoms with van der Waals surface area (Å²) in [6, 6.07) is 0. The second-order valence-electron chi connectivity index (χ2n) is 4.47. The molecule has 0 radical (unpaired) electrons. The molecule has 0 aromatic heterocycles. The van der Waals surface area contributed by atoms with E-state index in [1.165, 1.54) is 6.92 Å². The molecule has 5 atom stereocenters. The molecule has 1 rings (SSSR count). The Morgan fingerprint density at radius 3 is 1.81 bits per heavy atom. The van der Waals surface area contributed by atoms with Crippen LogP contribution >= 0.6 is 12.6 Å². The van der Waals surface area contributed by atoms with Crippen LogP contribution in [0.3, 0.4) is 0 Å². The molecule has 0 aliphatic carbocycles. The summed E-state index contributed by atoms with van der Waals surface area (Å²) in [6.07, 6.45) is -5.87. The van der Waals surface area contributed by atoms with Crippen LogP contribution in [0.1, 0.15) is 20.8 Å². The molecule has 1 heterocycles. The zero-order valence-corrected chi connectivity index (χ0v) is 12.7. The van der Waals surface area contributed by atoms with E-state index in [1.54, 1.807) is 0 Å². The van der Waals surface area contributed by atoms with Crippen molar-refractivity contribution in [1.82, 2.24) is 0 Å². The first-order valence-corrected chi connectivity index (χ1v) is 6.85. The average molecular weight is 322 g/mol. The SMILES string of the molecule is CC(=O)O[C@@H]1[C@@H](OC(C)=O)[C@H](O)O[C@H](CS)[C@H]1OC(C)=O. The fourth-order valence-electron chi connectivity index (χ4n) is 2.02. The Balaban J connectivity index is 3.08. The number of rotatable bonds is 4. The second-order valence-corrected chi connectivity index (χ2v) is 4.83. The molecule has 0 spiro atoms. The normalized spacial score (nSPS) is 32.1. The van der Waals surface area contributed by atoms with E-state index in [9.17, 15) is 19.5 Å². The Bertz CT molecular complexity index is 412. The minimum atomic E-state index is -1.53. The summed E-state index contributed by atoms with van der Waals surface area (Å²) in [7, 11) is 0. The summed E-state index contributed by atoms with van der Waals surface area (Å²) in [4.78, 5) is 33.5. The van der Waals surface area contributed by atoms with Gasteiger partial charge in [0.15, 0.2) is 24.6 Å². The third-order valence-corrected chi connectivity index (χ3v) is 3.06. The van der Waals surface area contributed by atoms with Crippen LogP contribution in [-0.4, -0.2) is 59.5 Å². The topological polar surface area (TPSA) is 108 Å². The largest absolute Gasteiger partial charge is 0.456 e. The van der Waals surface area contributed by atoms with Gasteiger partial charge in [-0.25, -0.2) is 0 Å². The lowest BCUT2D eigenvalue weighted by atomic mass is 9.99. The maximum atomic E-state index is 11.2. The number of thiol groups is 1. The summed E-state index contributed by atoms with van der Waals surface area (Å²) in [5.74, 6) is -1.92. The highest BCUT2D eigenvalue weighted by Gasteiger charge is 2.50. The van der Waals surface area contributed by atoms with E-state index >= 15 is 0 Å². The molecule has 1 aliphatic rings. The molecule has 21 heavy (non-hydrogen) atoms. The maximum absolute atomic E-state index is 11.2. The molecule has 1 aliphatic heterocycles. The standard InChI is InChI=1S/C12H18O8S/c1-5(13)17-9-8(4-21)20-12(16)11(19-7(3)15)10(9)18-6(2)14/h8-12,16,21H,4H2,1-3H3/t8-,9-,10+,11-,12-/m1/s1. The number of aliphatic hydroxyl groups excluding tert-OH is 1. The van der Waals surface area contributed by atoms with Gasteiger partial charge in [0.05, 0.1) is 0 Å². The third kappa shape index (κ3) is 4.87. The molecular formula is C12H18O8S. The fraction of sp³-hybridized carbons (Fsp3) is 0.750. The smallest absolute Gasteiger partial charge is 0.303 e. The zero-order chi connectivity index (χ0) is 16.2. The van der Waals surface area contributed by atoms with Gasteiger partial charge in [-0.15, -0.1) is 0 Å². The van der Waals surface area contributed by atoms with Crippen LogP contribution in [0.4, 0.5) is 0 Å². The zero-order valence-electron chi connectivity index (χ0n) is 11.8. The van der Waals surface area contributed by atoms with Crippen molar-refractivity contribution in [3.63, 3.8) is 0 Å². The van der Waals surface area contributed by atoms with Gasteiger partial charge in [0.2, 0.25) is 0 Å². The minimum absolute atomic E-state index is 0.0968. The Labute approximate surface area is 127 Å². The molecule has 120 valence electrons. The predicted octanol–water partition coefficient (Wildman–Crippen LogP) is -0.572. The number of hydrogen-bond acceptors (Lipinski definition) is 9. The third-order valence-electron chi connectivity index (χ3n) is 2.70. The molecule has 1 saturated heterocycles. The van der Waals surface area contributed by atoms with Crippen molar-refractivity contribution in [2.24, 2.45) is 0 Å². The van der Waals surface area contributed by atoms with Crippen LogP contribution in [-0.2, 0) is 33.3 Å². The van der Waals surface area contributed by atoms with E-state index in [1.807, 2.05) is 0 Å². The molecule has 0 aromatic carbocycles. The van der Waals surface area contributed by atoms with Crippen molar-refractivity contribution in [3.05, 3.63) is 0 Å². The van der Waals surface area contributed by atoms with Gasteiger partial charge in [0, 0.05) is 26.5 Å². The predicted molar refractivity (Wildman–Crippen MR) is 71.4 cm³/mol. The lowest BCUT2D eigenvalue weighted by Crippen LogP contribution is -2.61. The molecule has 0 unspecified atom stereocenters. The van der Waals surface area contributed by atoms with Crippen molar-refractivity contribution < 1.29 is 38.4 Å². The molecule has 1 N–H and O–H groups in total. The number of hydrogen-bond donors (Lipinski definition) is 2. The van der Waals surface area contributed by atoms with E-state index < -0.39 is 48.6 Å². The van der Waals surface area contributed by atoms with E-state index in [2.05, 4.69) is 12.6 Å². The van der Waals surface area contributed by atoms with E-state index in [0.29, 0.717) is 0 Å². The first kappa shape index (κ1) is 17.7. The second kappa shape index (κ2) is 7.62. The van der Waals surface area contributed by atoms with Crippen molar-refractivity contribution in [3.8, 4) is 0 Å². The van der Waals surface area contributed by atoms with Gasteiger partial charge < -0.3 is 24.1 Å². The van der Waals surface area contributed by atoms with E-state index in [4.69, 9.17) is 18.9 Å². The fourth-order valence-corrected chi connectivity index (χ4v) is 2.31. The number of carbonyl (C=O) groups excluding carboxylic acids is 3. The van der Waals surface area contributed by atoms with Crippen molar-refractivity contribution in [1.29, 1.82) is 0 Å². The summed E-state index contributed by atoms with van der Waals surface area (Å²) in [5.41, 5.74) is 0. The van der Waals surface area contributed by atoms with Gasteiger partial charge in [-0.05, 0) is 0 Å². The van der Waals surface area contributed by atoms with Crippen LogP contribution in [0, 0.1) is 0 Å². The van der Waals surface area contributed by atoms with Crippen LogP contribution < -0.4 is 0 Å². The van der Waals surface area contributed by atoms with Crippen LogP contribution in [0.5, 0.6) is 0 Å². The Morgan fingerprint density at radius 1 is 0.952 bits per heavy atom. The Hall–Kier alpha value is -1.32. The summed E-state index contributed by atoms with van der Waals surface area (Å²) in [6.45, 7) is 3.45. The average Bonchev–Trinajstić information content (AvgIpc) is 2.35. The van der Waals surface area contributed by atoms with Gasteiger partial charge in [-0.2, -0.15) is 12.6 Å². The summed E-state index contributed by atoms with van der Waals surface area (Å²) in [5, 5.41) is 9.89. The summed E-state index contributed by atoms with van der Waals surface area (Å²) >= 11 is 4.04. The monoisotopic (exact) mass is 322 g/mol. The summed E-state index contributed by atoms with van der Waals surface area (Å²) < 4.78 is 20.3. The van der Waals surface area contributed by atoms with Gasteiger partial charge >= 0.3 is 17.9 Å². The van der Waals surface area contributed by atoms with Crippen LogP contribution in [0.25, 0.3) is 0 Å². The highest BCUT2D eigenvalue weighted by Crippen LogP contribution is 2.28. The quantitative estimate of drug-likeness (QED) is 0.402. The molecule has 0 saturated carbocycles. The molecule has 0 bridgehead atoms. The maximum Gasteiger partial charge on any atom is 0.303 e. The van der Waals surface area contributed by atoms with E-state index in [0.717, 1.165) is 13.8 Å². The molecular weight excluding hydrogens is 304 g/mol. The van der Waals surface area contributed by atoms with Gasteiger partial charge in [-0.3, -0.25) is 14.4 Å². The van der Waals surface area contributed by atoms with Gasteiger partial charge in [0.1, 0.15) is 6.10 Å². The van der Waals surface area contributed by atoms with Crippen molar-refractivity contribution >= 4 is 30.5 Å². The highest BCUT2D eigenvalue weighted by atomic mass is 32.1. The van der Waals surface area contributed by atoms with Crippen molar-refractivity contribution in [2.75, 3.05) is 5.75 Å². The number of carbonyl (C=O) groups is 3. The molecule has 1 fully saturated rings. The number of ether oxygens (including phenoxy) is 4. The number of esters is 3. The molecule has 8 nitrogen and oxygen atoms in total.